The van der Waals surface area contributed by atoms with E-state index in [1.54, 1.807) is 6.07 Å². The molecule has 21 heavy (non-hydrogen) atoms. The van der Waals surface area contributed by atoms with Crippen molar-refractivity contribution in [3.8, 4) is 0 Å². The van der Waals surface area contributed by atoms with Crippen LogP contribution in [0.2, 0.25) is 0 Å². The third-order valence-electron chi connectivity index (χ3n) is 4.57. The van der Waals surface area contributed by atoms with Crippen LogP contribution in [0.5, 0.6) is 0 Å². The van der Waals surface area contributed by atoms with Crippen LogP contribution in [-0.2, 0) is 0 Å². The molecule has 0 radical (unpaired) electrons. The summed E-state index contributed by atoms with van der Waals surface area (Å²) in [6.45, 7) is 8.09. The minimum atomic E-state index is -0.257. The van der Waals surface area contributed by atoms with Crippen molar-refractivity contribution in [1.29, 1.82) is 0 Å². The quantitative estimate of drug-likeness (QED) is 0.876. The maximum absolute atomic E-state index is 14.0. The van der Waals surface area contributed by atoms with Crippen LogP contribution < -0.4 is 10.6 Å². The molecule has 2 N–H and O–H groups in total. The second-order valence-corrected chi connectivity index (χ2v) is 6.36. The number of pyridine rings is 1. The van der Waals surface area contributed by atoms with E-state index < -0.39 is 0 Å². The summed E-state index contributed by atoms with van der Waals surface area (Å²) < 4.78 is 14.0. The van der Waals surface area contributed by atoms with Crippen molar-refractivity contribution in [2.45, 2.75) is 26.8 Å². The van der Waals surface area contributed by atoms with Gasteiger partial charge in [-0.1, -0.05) is 26.0 Å². The smallest absolute Gasteiger partial charge is 0.149 e. The fourth-order valence-corrected chi connectivity index (χ4v) is 3.35. The zero-order valence-corrected chi connectivity index (χ0v) is 12.8. The molecule has 1 aromatic heterocycles. The molecule has 1 saturated heterocycles. The summed E-state index contributed by atoms with van der Waals surface area (Å²) in [6, 6.07) is 7.45. The van der Waals surface area contributed by atoms with Gasteiger partial charge in [-0.3, -0.25) is 0 Å². The number of nitrogens with zero attached hydrogens (tertiary/aromatic N) is 2. The monoisotopic (exact) mass is 287 g/mol. The number of rotatable bonds is 1. The van der Waals surface area contributed by atoms with Gasteiger partial charge in [-0.15, -0.1) is 0 Å². The van der Waals surface area contributed by atoms with Gasteiger partial charge in [0.15, 0.2) is 0 Å². The van der Waals surface area contributed by atoms with Gasteiger partial charge in [0.05, 0.1) is 0 Å². The molecule has 2 atom stereocenters. The van der Waals surface area contributed by atoms with Crippen LogP contribution in [0.3, 0.4) is 0 Å². The first-order valence-electron chi connectivity index (χ1n) is 7.53. The zero-order chi connectivity index (χ0) is 15.1. The maximum Gasteiger partial charge on any atom is 0.149 e. The van der Waals surface area contributed by atoms with Gasteiger partial charge in [-0.2, -0.15) is 0 Å². The van der Waals surface area contributed by atoms with E-state index in [4.69, 9.17) is 5.73 Å². The number of hydrogen-bond donors (Lipinski definition) is 1. The molecule has 0 saturated carbocycles. The topological polar surface area (TPSA) is 42.1 Å². The second kappa shape index (κ2) is 5.26. The Morgan fingerprint density at radius 1 is 1.24 bits per heavy atom. The Labute approximate surface area is 125 Å². The summed E-state index contributed by atoms with van der Waals surface area (Å²) in [4.78, 5) is 6.69. The van der Waals surface area contributed by atoms with Crippen LogP contribution in [0, 0.1) is 24.6 Å². The molecule has 2 heterocycles. The number of aryl methyl sites for hydroxylation is 1. The number of nitrogens with two attached hydrogens (primary N) is 1. The van der Waals surface area contributed by atoms with Gasteiger partial charge in [0.1, 0.15) is 11.3 Å². The van der Waals surface area contributed by atoms with Gasteiger partial charge in [0.25, 0.3) is 0 Å². The molecule has 1 fully saturated rings. The molecule has 3 nitrogen and oxygen atoms in total. The molecule has 3 rings (SSSR count). The molecule has 0 aliphatic carbocycles. The highest BCUT2D eigenvalue weighted by molar-refractivity contribution is 5.92. The molecule has 2 unspecified atom stereocenters. The minimum Gasteiger partial charge on any atom is -0.370 e. The van der Waals surface area contributed by atoms with Crippen LogP contribution >= 0.6 is 0 Å². The van der Waals surface area contributed by atoms with Crippen LogP contribution in [-0.4, -0.2) is 24.1 Å². The van der Waals surface area contributed by atoms with E-state index in [0.717, 1.165) is 29.9 Å². The molecule has 112 valence electrons. The summed E-state index contributed by atoms with van der Waals surface area (Å²) in [5.41, 5.74) is 8.61. The van der Waals surface area contributed by atoms with Gasteiger partial charge in [0, 0.05) is 35.9 Å². The predicted molar refractivity (Wildman–Crippen MR) is 85.0 cm³/mol. The van der Waals surface area contributed by atoms with E-state index in [-0.39, 0.29) is 11.9 Å². The number of halogens is 1. The fraction of sp³-hybridized carbons (Fsp3) is 0.471. The first-order valence-corrected chi connectivity index (χ1v) is 7.53. The van der Waals surface area contributed by atoms with Crippen molar-refractivity contribution in [3.63, 3.8) is 0 Å². The van der Waals surface area contributed by atoms with Gasteiger partial charge >= 0.3 is 0 Å². The number of hydrogen-bond acceptors (Lipinski definition) is 3. The average Bonchev–Trinajstić information content (AvgIpc) is 2.44. The maximum atomic E-state index is 14.0. The Morgan fingerprint density at radius 2 is 1.90 bits per heavy atom. The number of piperidine rings is 1. The highest BCUT2D eigenvalue weighted by atomic mass is 19.1. The van der Waals surface area contributed by atoms with Crippen molar-refractivity contribution in [2.24, 2.45) is 17.6 Å². The summed E-state index contributed by atoms with van der Waals surface area (Å²) in [7, 11) is 0. The SMILES string of the molecule is Cc1cc(N2CC(C)C(N)C(C)C2)c2cccc(F)c2n1. The Morgan fingerprint density at radius 3 is 2.57 bits per heavy atom. The predicted octanol–water partition coefficient (Wildman–Crippen LogP) is 3.10. The van der Waals surface area contributed by atoms with Crippen molar-refractivity contribution in [2.75, 3.05) is 18.0 Å². The third-order valence-corrected chi connectivity index (χ3v) is 4.57. The van der Waals surface area contributed by atoms with E-state index in [9.17, 15) is 4.39 Å². The normalized spacial score (nSPS) is 26.3. The Balaban J connectivity index is 2.10. The molecule has 1 aliphatic rings. The van der Waals surface area contributed by atoms with E-state index in [0.29, 0.717) is 17.4 Å². The standard InChI is InChI=1S/C17H22FN3/c1-10-8-21(9-11(2)16(10)19)15-7-12(3)20-17-13(15)5-4-6-14(17)18/h4-7,10-11,16H,8-9,19H2,1-3H3. The van der Waals surface area contributed by atoms with E-state index in [1.807, 2.05) is 13.0 Å². The van der Waals surface area contributed by atoms with Crippen LogP contribution in [0.25, 0.3) is 10.9 Å². The second-order valence-electron chi connectivity index (χ2n) is 6.36. The number of aromatic nitrogens is 1. The van der Waals surface area contributed by atoms with Crippen molar-refractivity contribution in [3.05, 3.63) is 35.8 Å². The van der Waals surface area contributed by atoms with Crippen molar-refractivity contribution in [1.82, 2.24) is 4.98 Å². The first-order chi connectivity index (χ1) is 9.97. The van der Waals surface area contributed by atoms with Crippen molar-refractivity contribution < 1.29 is 4.39 Å². The molecule has 0 spiro atoms. The number of anilines is 1. The van der Waals surface area contributed by atoms with Crippen molar-refractivity contribution >= 4 is 16.6 Å². The highest BCUT2D eigenvalue weighted by Crippen LogP contribution is 2.32. The summed E-state index contributed by atoms with van der Waals surface area (Å²) in [5, 5.41) is 0.885. The largest absolute Gasteiger partial charge is 0.370 e. The van der Waals surface area contributed by atoms with E-state index in [1.165, 1.54) is 6.07 Å². The Kier molecular flexibility index (Phi) is 3.57. The summed E-state index contributed by atoms with van der Waals surface area (Å²) in [6.07, 6.45) is 0. The molecular weight excluding hydrogens is 265 g/mol. The molecule has 0 amide bonds. The van der Waals surface area contributed by atoms with Gasteiger partial charge in [-0.05, 0) is 30.9 Å². The van der Waals surface area contributed by atoms with E-state index >= 15 is 0 Å². The van der Waals surface area contributed by atoms with Crippen LogP contribution in [0.1, 0.15) is 19.5 Å². The van der Waals surface area contributed by atoms with E-state index in [2.05, 4.69) is 29.8 Å². The number of fused-ring (bicyclic) bond motifs is 1. The lowest BCUT2D eigenvalue weighted by Gasteiger charge is -2.41. The average molecular weight is 287 g/mol. The minimum absolute atomic E-state index is 0.229. The molecule has 4 heteroatoms. The van der Waals surface area contributed by atoms with Gasteiger partial charge in [-0.25, -0.2) is 9.37 Å². The Bertz CT molecular complexity index is 658. The Hall–Kier alpha value is -1.68. The van der Waals surface area contributed by atoms with Crippen LogP contribution in [0.4, 0.5) is 10.1 Å². The molecule has 2 aromatic rings. The lowest BCUT2D eigenvalue weighted by atomic mass is 9.86. The highest BCUT2D eigenvalue weighted by Gasteiger charge is 2.30. The molecular formula is C17H22FN3. The van der Waals surface area contributed by atoms with Gasteiger partial charge in [0.2, 0.25) is 0 Å². The molecule has 0 bridgehead atoms. The van der Waals surface area contributed by atoms with Crippen LogP contribution in [0.15, 0.2) is 24.3 Å². The zero-order valence-electron chi connectivity index (χ0n) is 12.8. The summed E-state index contributed by atoms with van der Waals surface area (Å²) in [5.74, 6) is 0.587. The summed E-state index contributed by atoms with van der Waals surface area (Å²) >= 11 is 0. The first kappa shape index (κ1) is 14.3. The lowest BCUT2D eigenvalue weighted by molar-refractivity contribution is 0.299. The van der Waals surface area contributed by atoms with Gasteiger partial charge < -0.3 is 10.6 Å². The lowest BCUT2D eigenvalue weighted by Crippen LogP contribution is -2.51. The third kappa shape index (κ3) is 2.48. The fourth-order valence-electron chi connectivity index (χ4n) is 3.35. The molecule has 1 aliphatic heterocycles. The number of benzene rings is 1. The molecule has 1 aromatic carbocycles. The number of para-hydroxylation sites is 1.